The first-order valence-corrected chi connectivity index (χ1v) is 8.55. The fraction of sp³-hybridized carbons (Fsp3) is 0.444. The molecule has 0 spiro atoms. The molecule has 2 aromatic rings. The van der Waals surface area contributed by atoms with Crippen LogP contribution in [0.3, 0.4) is 0 Å². The van der Waals surface area contributed by atoms with Gasteiger partial charge in [0.2, 0.25) is 5.43 Å². The number of aromatic nitrogens is 1. The van der Waals surface area contributed by atoms with Gasteiger partial charge in [-0.3, -0.25) is 9.59 Å². The van der Waals surface area contributed by atoms with E-state index in [2.05, 4.69) is 5.32 Å². The Labute approximate surface area is 146 Å². The number of amides is 1. The van der Waals surface area contributed by atoms with Crippen molar-refractivity contribution >= 4 is 16.8 Å². The number of carbonyl (C=O) groups is 1. The summed E-state index contributed by atoms with van der Waals surface area (Å²) in [6.45, 7) is 2.49. The Hall–Kier alpha value is -2.35. The van der Waals surface area contributed by atoms with E-state index in [0.717, 1.165) is 6.42 Å². The van der Waals surface area contributed by atoms with Crippen LogP contribution in [0.5, 0.6) is 0 Å². The smallest absolute Gasteiger partial charge is 0.257 e. The first-order valence-electron chi connectivity index (χ1n) is 8.55. The van der Waals surface area contributed by atoms with E-state index in [1.807, 2.05) is 0 Å². The van der Waals surface area contributed by atoms with Gasteiger partial charge < -0.3 is 14.6 Å². The standard InChI is InChI=1S/C18H17F3N2O3/c1-2-23-7-10(18(25)22-12-6-13-8(12)3-4-26-13)17(24)9-5-11(19)14(20)15(21)16(9)23/h5,7-8,12-13H,2-4,6H2,1H3,(H,22,25)/t8-,12+,13+/m0/s1. The lowest BCUT2D eigenvalue weighted by atomic mass is 9.76. The molecule has 26 heavy (non-hydrogen) atoms. The molecule has 1 N–H and O–H groups in total. The van der Waals surface area contributed by atoms with Crippen molar-refractivity contribution in [3.8, 4) is 0 Å². The van der Waals surface area contributed by atoms with Crippen LogP contribution in [0.25, 0.3) is 10.9 Å². The number of nitrogens with one attached hydrogen (secondary N) is 1. The highest BCUT2D eigenvalue weighted by molar-refractivity contribution is 5.97. The van der Waals surface area contributed by atoms with Gasteiger partial charge in [-0.15, -0.1) is 0 Å². The number of halogens is 3. The lowest BCUT2D eigenvalue weighted by Crippen LogP contribution is -2.54. The molecule has 0 unspecified atom stereocenters. The number of nitrogens with zero attached hydrogens (tertiary/aromatic N) is 1. The Bertz CT molecular complexity index is 973. The van der Waals surface area contributed by atoms with Gasteiger partial charge in [0, 0.05) is 31.3 Å². The number of hydrogen-bond donors (Lipinski definition) is 1. The molecule has 1 aliphatic carbocycles. The summed E-state index contributed by atoms with van der Waals surface area (Å²) in [7, 11) is 0. The third-order valence-corrected chi connectivity index (χ3v) is 5.36. The van der Waals surface area contributed by atoms with Crippen LogP contribution in [-0.4, -0.2) is 29.2 Å². The van der Waals surface area contributed by atoms with Crippen LogP contribution in [0.2, 0.25) is 0 Å². The molecule has 2 fully saturated rings. The van der Waals surface area contributed by atoms with Gasteiger partial charge in [-0.25, -0.2) is 13.2 Å². The van der Waals surface area contributed by atoms with Gasteiger partial charge in [0.15, 0.2) is 17.5 Å². The molecule has 1 aliphatic heterocycles. The van der Waals surface area contributed by atoms with E-state index in [4.69, 9.17) is 4.74 Å². The molecule has 1 aromatic heterocycles. The average molecular weight is 366 g/mol. The number of aryl methyl sites for hydroxylation is 1. The van der Waals surface area contributed by atoms with Gasteiger partial charge in [-0.2, -0.15) is 0 Å². The van der Waals surface area contributed by atoms with Crippen LogP contribution in [-0.2, 0) is 11.3 Å². The third kappa shape index (κ3) is 2.43. The molecule has 3 atom stereocenters. The maximum absolute atomic E-state index is 14.2. The van der Waals surface area contributed by atoms with Crippen molar-refractivity contribution in [2.45, 2.75) is 38.5 Å². The highest BCUT2D eigenvalue weighted by atomic mass is 19.2. The highest BCUT2D eigenvalue weighted by Gasteiger charge is 2.46. The lowest BCUT2D eigenvalue weighted by Gasteiger charge is -2.39. The Balaban J connectivity index is 1.76. The van der Waals surface area contributed by atoms with E-state index >= 15 is 0 Å². The molecule has 2 heterocycles. The fourth-order valence-corrected chi connectivity index (χ4v) is 3.88. The average Bonchev–Trinajstić information content (AvgIpc) is 2.99. The molecule has 1 amide bonds. The van der Waals surface area contributed by atoms with Crippen LogP contribution in [0.15, 0.2) is 17.1 Å². The molecular weight excluding hydrogens is 349 g/mol. The van der Waals surface area contributed by atoms with Crippen molar-refractivity contribution < 1.29 is 22.7 Å². The minimum Gasteiger partial charge on any atom is -0.378 e. The number of ether oxygens (including phenoxy) is 1. The van der Waals surface area contributed by atoms with E-state index in [1.165, 1.54) is 10.8 Å². The van der Waals surface area contributed by atoms with Crippen molar-refractivity contribution in [3.63, 3.8) is 0 Å². The van der Waals surface area contributed by atoms with E-state index in [1.54, 1.807) is 6.92 Å². The number of benzene rings is 1. The Morgan fingerprint density at radius 3 is 2.81 bits per heavy atom. The molecule has 8 heteroatoms. The first-order chi connectivity index (χ1) is 12.4. The largest absolute Gasteiger partial charge is 0.378 e. The topological polar surface area (TPSA) is 60.3 Å². The number of rotatable bonds is 3. The summed E-state index contributed by atoms with van der Waals surface area (Å²) in [5, 5.41) is 2.45. The van der Waals surface area contributed by atoms with Crippen molar-refractivity contribution in [2.24, 2.45) is 5.92 Å². The maximum Gasteiger partial charge on any atom is 0.257 e. The van der Waals surface area contributed by atoms with Crippen LogP contribution >= 0.6 is 0 Å². The summed E-state index contributed by atoms with van der Waals surface area (Å²) < 4.78 is 48.0. The Morgan fingerprint density at radius 2 is 2.12 bits per heavy atom. The van der Waals surface area contributed by atoms with Crippen molar-refractivity contribution in [1.82, 2.24) is 9.88 Å². The zero-order valence-corrected chi connectivity index (χ0v) is 14.0. The highest BCUT2D eigenvalue weighted by Crippen LogP contribution is 2.38. The van der Waals surface area contributed by atoms with Crippen molar-refractivity contribution in [1.29, 1.82) is 0 Å². The second kappa shape index (κ2) is 6.12. The summed E-state index contributed by atoms with van der Waals surface area (Å²) in [5.41, 5.74) is -1.38. The number of pyridine rings is 1. The molecule has 5 nitrogen and oxygen atoms in total. The molecule has 1 aromatic carbocycles. The van der Waals surface area contributed by atoms with Gasteiger partial charge in [0.05, 0.1) is 17.0 Å². The molecule has 0 radical (unpaired) electrons. The monoisotopic (exact) mass is 366 g/mol. The normalized spacial score (nSPS) is 24.4. The zero-order chi connectivity index (χ0) is 18.6. The third-order valence-electron chi connectivity index (χ3n) is 5.36. The van der Waals surface area contributed by atoms with Crippen LogP contribution < -0.4 is 10.7 Å². The first kappa shape index (κ1) is 17.1. The van der Waals surface area contributed by atoms with E-state index in [0.29, 0.717) is 19.1 Å². The SMILES string of the molecule is CCn1cc(C(=O)N[C@@H]2C[C@H]3OCC[C@@H]23)c(=O)c2cc(F)c(F)c(F)c21. The Kier molecular flexibility index (Phi) is 4.02. The molecule has 1 saturated carbocycles. The predicted molar refractivity (Wildman–Crippen MR) is 87.5 cm³/mol. The summed E-state index contributed by atoms with van der Waals surface area (Å²) in [4.78, 5) is 25.2. The summed E-state index contributed by atoms with van der Waals surface area (Å²) in [5.74, 6) is -4.90. The lowest BCUT2D eigenvalue weighted by molar-refractivity contribution is 0.00807. The zero-order valence-electron chi connectivity index (χ0n) is 14.0. The number of hydrogen-bond acceptors (Lipinski definition) is 3. The maximum atomic E-state index is 14.2. The fourth-order valence-electron chi connectivity index (χ4n) is 3.88. The summed E-state index contributed by atoms with van der Waals surface area (Å²) in [6.07, 6.45) is 2.88. The minimum absolute atomic E-state index is 0.0816. The van der Waals surface area contributed by atoms with E-state index in [9.17, 15) is 22.8 Å². The number of carbonyl (C=O) groups excluding carboxylic acids is 1. The summed E-state index contributed by atoms with van der Waals surface area (Å²) >= 11 is 0. The molecule has 138 valence electrons. The van der Waals surface area contributed by atoms with E-state index < -0.39 is 28.8 Å². The van der Waals surface area contributed by atoms with Crippen molar-refractivity contribution in [3.05, 3.63) is 45.5 Å². The minimum atomic E-state index is -1.64. The Morgan fingerprint density at radius 1 is 1.35 bits per heavy atom. The van der Waals surface area contributed by atoms with Gasteiger partial charge in [0.25, 0.3) is 5.91 Å². The summed E-state index contributed by atoms with van der Waals surface area (Å²) in [6, 6.07) is 0.560. The predicted octanol–water partition coefficient (Wildman–Crippen LogP) is 2.35. The number of fused-ring (bicyclic) bond motifs is 2. The molecular formula is C18H17F3N2O3. The van der Waals surface area contributed by atoms with Crippen molar-refractivity contribution in [2.75, 3.05) is 6.61 Å². The van der Waals surface area contributed by atoms with Crippen LogP contribution in [0, 0.1) is 23.4 Å². The molecule has 4 rings (SSSR count). The van der Waals surface area contributed by atoms with Crippen LogP contribution in [0.4, 0.5) is 13.2 Å². The van der Waals surface area contributed by atoms with E-state index in [-0.39, 0.29) is 41.1 Å². The van der Waals surface area contributed by atoms with Gasteiger partial charge in [-0.05, 0) is 25.8 Å². The van der Waals surface area contributed by atoms with Gasteiger partial charge >= 0.3 is 0 Å². The molecule has 0 bridgehead atoms. The van der Waals surface area contributed by atoms with Crippen LogP contribution in [0.1, 0.15) is 30.1 Å². The van der Waals surface area contributed by atoms with Gasteiger partial charge in [-0.1, -0.05) is 0 Å². The quantitative estimate of drug-likeness (QED) is 0.849. The second-order valence-electron chi connectivity index (χ2n) is 6.72. The second-order valence-corrected chi connectivity index (χ2v) is 6.72. The molecule has 1 saturated heterocycles. The van der Waals surface area contributed by atoms with Gasteiger partial charge in [0.1, 0.15) is 5.56 Å². The molecule has 2 aliphatic rings.